The molecule has 0 aliphatic rings. The Morgan fingerprint density at radius 2 is 1.88 bits per heavy atom. The van der Waals surface area contributed by atoms with Crippen LogP contribution in [0.3, 0.4) is 0 Å². The second kappa shape index (κ2) is 6.53. The van der Waals surface area contributed by atoms with Gasteiger partial charge in [-0.1, -0.05) is 29.8 Å². The van der Waals surface area contributed by atoms with Gasteiger partial charge in [0, 0.05) is 18.4 Å². The second-order valence-corrected chi connectivity index (χ2v) is 6.06. The lowest BCUT2D eigenvalue weighted by atomic mass is 10.2. The zero-order chi connectivity index (χ0) is 17.3. The van der Waals surface area contributed by atoms with E-state index in [0.29, 0.717) is 23.0 Å². The van der Waals surface area contributed by atoms with E-state index in [1.165, 1.54) is 0 Å². The normalized spacial score (nSPS) is 10.8. The van der Waals surface area contributed by atoms with E-state index < -0.39 is 0 Å². The number of nitrogens with one attached hydrogen (secondary N) is 1. The van der Waals surface area contributed by atoms with Gasteiger partial charge in [0.2, 0.25) is 0 Å². The molecule has 0 aliphatic heterocycles. The lowest BCUT2D eigenvalue weighted by Crippen LogP contribution is -2.24. The summed E-state index contributed by atoms with van der Waals surface area (Å²) in [4.78, 5) is 12.6. The Balaban J connectivity index is 1.83. The summed E-state index contributed by atoms with van der Waals surface area (Å²) in [6.45, 7) is 4.25. The highest BCUT2D eigenvalue weighted by Gasteiger charge is 2.21. The molecule has 0 spiro atoms. The van der Waals surface area contributed by atoms with Gasteiger partial charge in [0.1, 0.15) is 5.15 Å². The van der Waals surface area contributed by atoms with Crippen molar-refractivity contribution in [3.63, 3.8) is 0 Å². The summed E-state index contributed by atoms with van der Waals surface area (Å²) in [5, 5.41) is 7.63. The number of amides is 1. The number of benzene rings is 1. The summed E-state index contributed by atoms with van der Waals surface area (Å²) in [5.41, 5.74) is 4.01. The van der Waals surface area contributed by atoms with Crippen LogP contribution in [0, 0.1) is 13.8 Å². The molecule has 0 saturated heterocycles. The van der Waals surface area contributed by atoms with Crippen LogP contribution < -0.4 is 5.32 Å². The van der Waals surface area contributed by atoms with E-state index in [1.807, 2.05) is 61.0 Å². The third-order valence-electron chi connectivity index (χ3n) is 4.14. The summed E-state index contributed by atoms with van der Waals surface area (Å²) >= 11 is 6.41. The summed E-state index contributed by atoms with van der Waals surface area (Å²) in [7, 11) is 1.97. The molecule has 1 N–H and O–H groups in total. The highest BCUT2D eigenvalue weighted by atomic mass is 35.5. The maximum absolute atomic E-state index is 12.6. The monoisotopic (exact) mass is 342 g/mol. The fraction of sp³-hybridized carbons (Fsp3) is 0.222. The molecule has 0 atom stereocenters. The molecule has 1 aromatic carbocycles. The third kappa shape index (κ3) is 2.95. The first-order valence-corrected chi connectivity index (χ1v) is 8.06. The maximum atomic E-state index is 12.6. The number of hydrogen-bond donors (Lipinski definition) is 1. The molecule has 0 saturated carbocycles. The molecule has 3 aromatic rings. The third-order valence-corrected chi connectivity index (χ3v) is 4.49. The van der Waals surface area contributed by atoms with Crippen LogP contribution in [-0.4, -0.2) is 20.3 Å². The maximum Gasteiger partial charge on any atom is 0.256 e. The Labute approximate surface area is 145 Å². The molecular weight excluding hydrogens is 324 g/mol. The molecule has 5 nitrogen and oxygen atoms in total. The molecule has 3 rings (SSSR count). The zero-order valence-electron chi connectivity index (χ0n) is 13.9. The number of aromatic nitrogens is 3. The van der Waals surface area contributed by atoms with Crippen molar-refractivity contribution >= 4 is 17.5 Å². The second-order valence-electron chi connectivity index (χ2n) is 5.71. The van der Waals surface area contributed by atoms with Crippen molar-refractivity contribution in [2.75, 3.05) is 0 Å². The van der Waals surface area contributed by atoms with Gasteiger partial charge in [0.15, 0.2) is 0 Å². The van der Waals surface area contributed by atoms with E-state index in [4.69, 9.17) is 11.6 Å². The average Bonchev–Trinajstić information content (AvgIpc) is 3.06. The highest BCUT2D eigenvalue weighted by Crippen LogP contribution is 2.23. The molecule has 0 unspecified atom stereocenters. The zero-order valence-corrected chi connectivity index (χ0v) is 14.6. The van der Waals surface area contributed by atoms with E-state index >= 15 is 0 Å². The molecule has 24 heavy (non-hydrogen) atoms. The average molecular weight is 343 g/mol. The summed E-state index contributed by atoms with van der Waals surface area (Å²) in [6.07, 6.45) is 0. The number of carbonyl (C=O) groups is 1. The summed E-state index contributed by atoms with van der Waals surface area (Å²) in [5.74, 6) is -0.224. The van der Waals surface area contributed by atoms with Crippen LogP contribution in [0.1, 0.15) is 27.4 Å². The van der Waals surface area contributed by atoms with Gasteiger partial charge in [-0.3, -0.25) is 4.79 Å². The quantitative estimate of drug-likeness (QED) is 0.790. The van der Waals surface area contributed by atoms with E-state index in [9.17, 15) is 4.79 Å². The van der Waals surface area contributed by atoms with Gasteiger partial charge in [0.05, 0.1) is 23.5 Å². The van der Waals surface area contributed by atoms with Crippen molar-refractivity contribution in [2.45, 2.75) is 20.4 Å². The topological polar surface area (TPSA) is 51.9 Å². The van der Waals surface area contributed by atoms with Crippen molar-refractivity contribution in [1.82, 2.24) is 19.7 Å². The molecule has 0 aliphatic carbocycles. The van der Waals surface area contributed by atoms with Crippen molar-refractivity contribution in [1.29, 1.82) is 0 Å². The van der Waals surface area contributed by atoms with Gasteiger partial charge in [-0.2, -0.15) is 5.10 Å². The fourth-order valence-corrected chi connectivity index (χ4v) is 2.96. The number of aryl methyl sites for hydroxylation is 2. The largest absolute Gasteiger partial charge is 0.350 e. The van der Waals surface area contributed by atoms with Gasteiger partial charge < -0.3 is 9.88 Å². The molecular formula is C18H19ClN4O. The van der Waals surface area contributed by atoms with Gasteiger partial charge in [-0.25, -0.2) is 4.68 Å². The van der Waals surface area contributed by atoms with Gasteiger partial charge in [0.25, 0.3) is 5.91 Å². The SMILES string of the molecule is Cc1nn(-c2ccccc2)c(Cl)c1C(=O)NCc1ccc(C)n1C. The first kappa shape index (κ1) is 16.3. The summed E-state index contributed by atoms with van der Waals surface area (Å²) < 4.78 is 3.63. The number of rotatable bonds is 4. The Bertz CT molecular complexity index is 880. The molecule has 1 amide bonds. The molecule has 124 valence electrons. The van der Waals surface area contributed by atoms with E-state index in [2.05, 4.69) is 10.4 Å². The minimum atomic E-state index is -0.224. The van der Waals surface area contributed by atoms with Crippen molar-refractivity contribution in [3.05, 3.63) is 70.3 Å². The molecule has 2 aromatic heterocycles. The van der Waals surface area contributed by atoms with Gasteiger partial charge in [-0.05, 0) is 38.1 Å². The fourth-order valence-electron chi connectivity index (χ4n) is 2.60. The molecule has 0 bridgehead atoms. The van der Waals surface area contributed by atoms with Crippen molar-refractivity contribution in [3.8, 4) is 5.69 Å². The molecule has 6 heteroatoms. The predicted octanol–water partition coefficient (Wildman–Crippen LogP) is 3.41. The first-order valence-electron chi connectivity index (χ1n) is 7.69. The molecule has 2 heterocycles. The molecule has 0 fully saturated rings. The van der Waals surface area contributed by atoms with Crippen LogP contribution in [0.25, 0.3) is 5.69 Å². The first-order chi connectivity index (χ1) is 11.5. The molecule has 0 radical (unpaired) electrons. The van der Waals surface area contributed by atoms with Crippen molar-refractivity contribution in [2.24, 2.45) is 7.05 Å². The number of nitrogens with zero attached hydrogens (tertiary/aromatic N) is 3. The number of hydrogen-bond acceptors (Lipinski definition) is 2. The van der Waals surface area contributed by atoms with Crippen LogP contribution in [0.15, 0.2) is 42.5 Å². The van der Waals surface area contributed by atoms with Crippen LogP contribution in [0.5, 0.6) is 0 Å². The smallest absolute Gasteiger partial charge is 0.256 e. The minimum Gasteiger partial charge on any atom is -0.350 e. The van der Waals surface area contributed by atoms with Crippen LogP contribution in [0.4, 0.5) is 0 Å². The van der Waals surface area contributed by atoms with E-state index in [1.54, 1.807) is 11.6 Å². The van der Waals surface area contributed by atoms with Crippen LogP contribution >= 0.6 is 11.6 Å². The van der Waals surface area contributed by atoms with E-state index in [-0.39, 0.29) is 5.91 Å². The lowest BCUT2D eigenvalue weighted by Gasteiger charge is -2.08. The number of carbonyl (C=O) groups excluding carboxylic acids is 1. The summed E-state index contributed by atoms with van der Waals surface area (Å²) in [6, 6.07) is 13.5. The highest BCUT2D eigenvalue weighted by molar-refractivity contribution is 6.33. The minimum absolute atomic E-state index is 0.224. The standard InChI is InChI=1S/C18H19ClN4O/c1-12-9-10-15(22(12)3)11-20-18(24)16-13(2)21-23(17(16)19)14-7-5-4-6-8-14/h4-10H,11H2,1-3H3,(H,20,24). The van der Waals surface area contributed by atoms with Gasteiger partial charge in [-0.15, -0.1) is 0 Å². The Morgan fingerprint density at radius 3 is 2.50 bits per heavy atom. The van der Waals surface area contributed by atoms with Crippen molar-refractivity contribution < 1.29 is 4.79 Å². The Hall–Kier alpha value is -2.53. The Morgan fingerprint density at radius 1 is 1.17 bits per heavy atom. The van der Waals surface area contributed by atoms with Crippen LogP contribution in [-0.2, 0) is 13.6 Å². The van der Waals surface area contributed by atoms with E-state index in [0.717, 1.165) is 17.1 Å². The van der Waals surface area contributed by atoms with Crippen LogP contribution in [0.2, 0.25) is 5.15 Å². The predicted molar refractivity (Wildman–Crippen MR) is 94.6 cm³/mol. The Kier molecular flexibility index (Phi) is 4.44. The van der Waals surface area contributed by atoms with Gasteiger partial charge >= 0.3 is 0 Å². The number of halogens is 1. The number of para-hydroxylation sites is 1. The lowest BCUT2D eigenvalue weighted by molar-refractivity contribution is 0.0949.